The smallest absolute Gasteiger partial charge is 0.0412 e. The van der Waals surface area contributed by atoms with Gasteiger partial charge < -0.3 is 11.1 Å². The molecule has 2 rings (SSSR count). The van der Waals surface area contributed by atoms with Gasteiger partial charge in [0.2, 0.25) is 0 Å². The highest BCUT2D eigenvalue weighted by molar-refractivity contribution is 5.52. The van der Waals surface area contributed by atoms with E-state index in [1.54, 1.807) is 0 Å². The number of anilines is 1. The molecule has 1 aromatic rings. The molecule has 2 atom stereocenters. The average molecular weight is 204 g/mol. The Hall–Kier alpha value is -1.02. The van der Waals surface area contributed by atoms with Crippen LogP contribution in [0.5, 0.6) is 0 Å². The van der Waals surface area contributed by atoms with Crippen LogP contribution in [0.15, 0.2) is 18.2 Å². The Morgan fingerprint density at radius 2 is 2.07 bits per heavy atom. The predicted octanol–water partition coefficient (Wildman–Crippen LogP) is 2.60. The van der Waals surface area contributed by atoms with Gasteiger partial charge in [-0.25, -0.2) is 0 Å². The van der Waals surface area contributed by atoms with E-state index in [-0.39, 0.29) is 0 Å². The summed E-state index contributed by atoms with van der Waals surface area (Å²) < 4.78 is 0. The Kier molecular flexibility index (Phi) is 2.96. The van der Waals surface area contributed by atoms with Crippen LogP contribution in [0.2, 0.25) is 0 Å². The lowest BCUT2D eigenvalue weighted by Crippen LogP contribution is -2.35. The first kappa shape index (κ1) is 10.5. The summed E-state index contributed by atoms with van der Waals surface area (Å²) in [5, 5.41) is 3.56. The average Bonchev–Trinajstić information content (AvgIpc) is 2.57. The standard InChI is InChI=1S/C13H20N2/c1-9-6-7-12(10(2)8-9)15-13-5-3-4-11(13)14/h6-8,11,13,15H,3-5,14H2,1-2H3/t11-,13-/m0/s1. The number of benzene rings is 1. The molecule has 15 heavy (non-hydrogen) atoms. The maximum absolute atomic E-state index is 6.04. The number of aryl methyl sites for hydroxylation is 2. The lowest BCUT2D eigenvalue weighted by atomic mass is 10.1. The monoisotopic (exact) mass is 204 g/mol. The molecular weight excluding hydrogens is 184 g/mol. The molecule has 0 amide bonds. The SMILES string of the molecule is Cc1ccc(N[C@H]2CCC[C@@H]2N)c(C)c1. The van der Waals surface area contributed by atoms with Crippen molar-refractivity contribution in [1.29, 1.82) is 0 Å². The van der Waals surface area contributed by atoms with E-state index < -0.39 is 0 Å². The molecule has 2 heteroatoms. The van der Waals surface area contributed by atoms with Crippen molar-refractivity contribution in [3.63, 3.8) is 0 Å². The van der Waals surface area contributed by atoms with Crippen LogP contribution in [-0.2, 0) is 0 Å². The maximum Gasteiger partial charge on any atom is 0.0412 e. The third-order valence-corrected chi connectivity index (χ3v) is 3.29. The van der Waals surface area contributed by atoms with Crippen LogP contribution < -0.4 is 11.1 Å². The van der Waals surface area contributed by atoms with Crippen molar-refractivity contribution in [3.8, 4) is 0 Å². The van der Waals surface area contributed by atoms with Gasteiger partial charge in [-0.2, -0.15) is 0 Å². The normalized spacial score (nSPS) is 25.5. The lowest BCUT2D eigenvalue weighted by molar-refractivity contribution is 0.637. The first-order valence-corrected chi connectivity index (χ1v) is 5.76. The van der Waals surface area contributed by atoms with E-state index in [1.807, 2.05) is 0 Å². The first-order chi connectivity index (χ1) is 7.16. The minimum absolute atomic E-state index is 0.325. The minimum atomic E-state index is 0.325. The summed E-state index contributed by atoms with van der Waals surface area (Å²) in [5.74, 6) is 0. The molecular formula is C13H20N2. The molecule has 0 aromatic heterocycles. The van der Waals surface area contributed by atoms with Gasteiger partial charge in [0, 0.05) is 17.8 Å². The number of nitrogens with one attached hydrogen (secondary N) is 1. The van der Waals surface area contributed by atoms with E-state index in [1.165, 1.54) is 29.7 Å². The highest BCUT2D eigenvalue weighted by Crippen LogP contribution is 2.24. The van der Waals surface area contributed by atoms with Gasteiger partial charge in [-0.05, 0) is 44.7 Å². The second-order valence-electron chi connectivity index (χ2n) is 4.66. The Morgan fingerprint density at radius 1 is 1.27 bits per heavy atom. The topological polar surface area (TPSA) is 38.0 Å². The van der Waals surface area contributed by atoms with Crippen molar-refractivity contribution < 1.29 is 0 Å². The van der Waals surface area contributed by atoms with E-state index in [0.29, 0.717) is 12.1 Å². The fourth-order valence-corrected chi connectivity index (χ4v) is 2.34. The molecule has 0 saturated heterocycles. The van der Waals surface area contributed by atoms with Crippen LogP contribution >= 0.6 is 0 Å². The summed E-state index contributed by atoms with van der Waals surface area (Å²) in [4.78, 5) is 0. The molecule has 1 aliphatic rings. The van der Waals surface area contributed by atoms with Crippen LogP contribution in [0, 0.1) is 13.8 Å². The van der Waals surface area contributed by atoms with Gasteiger partial charge in [-0.1, -0.05) is 17.7 Å². The van der Waals surface area contributed by atoms with Crippen LogP contribution in [0.4, 0.5) is 5.69 Å². The molecule has 2 nitrogen and oxygen atoms in total. The molecule has 0 bridgehead atoms. The van der Waals surface area contributed by atoms with Crippen molar-refractivity contribution in [2.45, 2.75) is 45.2 Å². The highest BCUT2D eigenvalue weighted by atomic mass is 15.0. The molecule has 0 aliphatic heterocycles. The quantitative estimate of drug-likeness (QED) is 0.777. The summed E-state index contributed by atoms with van der Waals surface area (Å²) in [5.41, 5.74) is 9.91. The van der Waals surface area contributed by atoms with Crippen molar-refractivity contribution in [3.05, 3.63) is 29.3 Å². The van der Waals surface area contributed by atoms with Crippen LogP contribution in [0.1, 0.15) is 30.4 Å². The number of rotatable bonds is 2. The maximum atomic E-state index is 6.04. The van der Waals surface area contributed by atoms with Crippen molar-refractivity contribution >= 4 is 5.69 Å². The Bertz CT molecular complexity index is 346. The van der Waals surface area contributed by atoms with E-state index in [9.17, 15) is 0 Å². The third-order valence-electron chi connectivity index (χ3n) is 3.29. The molecule has 0 spiro atoms. The van der Waals surface area contributed by atoms with E-state index in [4.69, 9.17) is 5.73 Å². The molecule has 1 aliphatic carbocycles. The zero-order valence-corrected chi connectivity index (χ0v) is 9.59. The van der Waals surface area contributed by atoms with Crippen LogP contribution in [0.3, 0.4) is 0 Å². The summed E-state index contributed by atoms with van der Waals surface area (Å²) in [7, 11) is 0. The lowest BCUT2D eigenvalue weighted by Gasteiger charge is -2.20. The fourth-order valence-electron chi connectivity index (χ4n) is 2.34. The van der Waals surface area contributed by atoms with Gasteiger partial charge in [0.15, 0.2) is 0 Å². The number of hydrogen-bond donors (Lipinski definition) is 2. The predicted molar refractivity (Wildman–Crippen MR) is 65.2 cm³/mol. The zero-order chi connectivity index (χ0) is 10.8. The van der Waals surface area contributed by atoms with Crippen LogP contribution in [-0.4, -0.2) is 12.1 Å². The highest BCUT2D eigenvalue weighted by Gasteiger charge is 2.23. The summed E-state index contributed by atoms with van der Waals surface area (Å²) in [6.45, 7) is 4.27. The summed E-state index contributed by atoms with van der Waals surface area (Å²) in [6, 6.07) is 7.31. The molecule has 82 valence electrons. The van der Waals surface area contributed by atoms with E-state index in [2.05, 4.69) is 37.4 Å². The second-order valence-corrected chi connectivity index (χ2v) is 4.66. The van der Waals surface area contributed by atoms with Gasteiger partial charge in [-0.15, -0.1) is 0 Å². The van der Waals surface area contributed by atoms with Gasteiger partial charge in [0.25, 0.3) is 0 Å². The number of nitrogens with two attached hydrogens (primary N) is 1. The van der Waals surface area contributed by atoms with Gasteiger partial charge in [-0.3, -0.25) is 0 Å². The first-order valence-electron chi connectivity index (χ1n) is 5.76. The molecule has 1 fully saturated rings. The molecule has 1 saturated carbocycles. The van der Waals surface area contributed by atoms with E-state index >= 15 is 0 Å². The Balaban J connectivity index is 2.10. The van der Waals surface area contributed by atoms with Gasteiger partial charge in [0.1, 0.15) is 0 Å². The molecule has 0 radical (unpaired) electrons. The summed E-state index contributed by atoms with van der Waals surface area (Å²) in [6.07, 6.45) is 3.61. The third kappa shape index (κ3) is 2.32. The van der Waals surface area contributed by atoms with Crippen molar-refractivity contribution in [2.24, 2.45) is 5.73 Å². The summed E-state index contributed by atoms with van der Waals surface area (Å²) >= 11 is 0. The number of hydrogen-bond acceptors (Lipinski definition) is 2. The molecule has 3 N–H and O–H groups in total. The van der Waals surface area contributed by atoms with Gasteiger partial charge in [0.05, 0.1) is 0 Å². The Morgan fingerprint density at radius 3 is 2.67 bits per heavy atom. The van der Waals surface area contributed by atoms with Gasteiger partial charge >= 0.3 is 0 Å². The molecule has 1 aromatic carbocycles. The van der Waals surface area contributed by atoms with E-state index in [0.717, 1.165) is 6.42 Å². The molecule has 0 unspecified atom stereocenters. The Labute approximate surface area is 91.9 Å². The second kappa shape index (κ2) is 4.23. The van der Waals surface area contributed by atoms with Crippen LogP contribution in [0.25, 0.3) is 0 Å². The molecule has 0 heterocycles. The van der Waals surface area contributed by atoms with Crippen molar-refractivity contribution in [2.75, 3.05) is 5.32 Å². The largest absolute Gasteiger partial charge is 0.381 e. The minimum Gasteiger partial charge on any atom is -0.381 e. The zero-order valence-electron chi connectivity index (χ0n) is 9.59. The fraction of sp³-hybridized carbons (Fsp3) is 0.538. The van der Waals surface area contributed by atoms with Crippen molar-refractivity contribution in [1.82, 2.24) is 0 Å².